The van der Waals surface area contributed by atoms with Crippen LogP contribution < -0.4 is 5.32 Å². The molecule has 3 rings (SSSR count). The molecule has 0 fully saturated rings. The van der Waals surface area contributed by atoms with Crippen LogP contribution >= 0.6 is 11.6 Å². The monoisotopic (exact) mass is 302 g/mol. The van der Waals surface area contributed by atoms with Gasteiger partial charge in [-0.1, -0.05) is 11.6 Å². The summed E-state index contributed by atoms with van der Waals surface area (Å²) in [6.07, 6.45) is 4.43. The van der Waals surface area contributed by atoms with Gasteiger partial charge in [-0.2, -0.15) is 5.10 Å². The van der Waals surface area contributed by atoms with Crippen molar-refractivity contribution in [3.8, 4) is 5.69 Å². The highest BCUT2D eigenvalue weighted by atomic mass is 35.5. The van der Waals surface area contributed by atoms with Crippen LogP contribution in [0.2, 0.25) is 5.02 Å². The summed E-state index contributed by atoms with van der Waals surface area (Å²) in [5.41, 5.74) is 1.94. The summed E-state index contributed by atoms with van der Waals surface area (Å²) in [6.45, 7) is 1.80. The Hall–Kier alpha value is -2.60. The van der Waals surface area contributed by atoms with Crippen molar-refractivity contribution in [2.45, 2.75) is 6.92 Å². The zero-order chi connectivity index (χ0) is 14.8. The van der Waals surface area contributed by atoms with Gasteiger partial charge in [0.2, 0.25) is 0 Å². The highest BCUT2D eigenvalue weighted by molar-refractivity contribution is 6.31. The number of halogens is 1. The molecule has 1 N–H and O–H groups in total. The average Bonchev–Trinajstić information content (AvgIpc) is 3.10. The quantitative estimate of drug-likeness (QED) is 0.807. The first-order valence-corrected chi connectivity index (χ1v) is 6.53. The summed E-state index contributed by atoms with van der Waals surface area (Å²) in [5, 5.41) is 7.33. The highest BCUT2D eigenvalue weighted by Gasteiger charge is 2.15. The maximum atomic E-state index is 12.2. The fourth-order valence-corrected chi connectivity index (χ4v) is 2.10. The molecule has 3 aromatic rings. The number of carbonyl (C=O) groups is 1. The van der Waals surface area contributed by atoms with Gasteiger partial charge in [0.05, 0.1) is 17.6 Å². The minimum absolute atomic E-state index is 0.263. The maximum Gasteiger partial charge on any atom is 0.291 e. The Morgan fingerprint density at radius 2 is 2.24 bits per heavy atom. The van der Waals surface area contributed by atoms with E-state index in [-0.39, 0.29) is 11.7 Å². The Morgan fingerprint density at radius 1 is 1.38 bits per heavy atom. The molecule has 2 aromatic heterocycles. The number of benzene rings is 1. The van der Waals surface area contributed by atoms with Crippen LogP contribution in [-0.2, 0) is 0 Å². The molecule has 0 aliphatic carbocycles. The molecule has 21 heavy (non-hydrogen) atoms. The SMILES string of the molecule is Cc1ccoc1C(=O)Nc1cc(Cl)ccc1-n1cncn1. The van der Waals surface area contributed by atoms with E-state index in [4.69, 9.17) is 16.0 Å². The summed E-state index contributed by atoms with van der Waals surface area (Å²) >= 11 is 6.00. The number of aromatic nitrogens is 3. The average molecular weight is 303 g/mol. The number of hydrogen-bond donors (Lipinski definition) is 1. The Kier molecular flexibility index (Phi) is 3.45. The molecule has 2 heterocycles. The Labute approximate surface area is 125 Å². The molecular weight excluding hydrogens is 292 g/mol. The lowest BCUT2D eigenvalue weighted by Crippen LogP contribution is -2.14. The Morgan fingerprint density at radius 3 is 2.90 bits per heavy atom. The second-order valence-electron chi connectivity index (χ2n) is 4.39. The van der Waals surface area contributed by atoms with Crippen molar-refractivity contribution in [1.82, 2.24) is 14.8 Å². The van der Waals surface area contributed by atoms with Gasteiger partial charge in [-0.25, -0.2) is 9.67 Å². The number of anilines is 1. The van der Waals surface area contributed by atoms with Crippen LogP contribution in [0.15, 0.2) is 47.6 Å². The number of nitrogens with one attached hydrogen (secondary N) is 1. The lowest BCUT2D eigenvalue weighted by atomic mass is 10.2. The first-order valence-electron chi connectivity index (χ1n) is 6.15. The number of aryl methyl sites for hydroxylation is 1. The zero-order valence-corrected chi connectivity index (χ0v) is 11.8. The topological polar surface area (TPSA) is 73.0 Å². The molecular formula is C14H11ClN4O2. The predicted molar refractivity (Wildman–Crippen MR) is 77.8 cm³/mol. The fraction of sp³-hybridized carbons (Fsp3) is 0.0714. The lowest BCUT2D eigenvalue weighted by molar-refractivity contribution is 0.0996. The van der Waals surface area contributed by atoms with E-state index in [9.17, 15) is 4.79 Å². The smallest absolute Gasteiger partial charge is 0.291 e. The van der Waals surface area contributed by atoms with E-state index in [1.807, 2.05) is 0 Å². The van der Waals surface area contributed by atoms with Gasteiger partial charge in [-0.15, -0.1) is 0 Å². The second kappa shape index (κ2) is 5.41. The van der Waals surface area contributed by atoms with E-state index >= 15 is 0 Å². The van der Waals surface area contributed by atoms with Crippen LogP contribution in [-0.4, -0.2) is 20.7 Å². The van der Waals surface area contributed by atoms with E-state index in [1.165, 1.54) is 18.9 Å². The van der Waals surface area contributed by atoms with Crippen LogP contribution in [0.25, 0.3) is 5.69 Å². The molecule has 1 amide bonds. The molecule has 0 atom stereocenters. The number of nitrogens with zero attached hydrogens (tertiary/aromatic N) is 3. The third-order valence-corrected chi connectivity index (χ3v) is 3.18. The highest BCUT2D eigenvalue weighted by Crippen LogP contribution is 2.25. The van der Waals surface area contributed by atoms with Crippen LogP contribution in [0.4, 0.5) is 5.69 Å². The molecule has 7 heteroatoms. The minimum Gasteiger partial charge on any atom is -0.459 e. The van der Waals surface area contributed by atoms with Gasteiger partial charge >= 0.3 is 0 Å². The standard InChI is InChI=1S/C14H11ClN4O2/c1-9-4-5-21-13(9)14(20)18-11-6-10(15)2-3-12(11)19-8-16-7-17-19/h2-8H,1H3,(H,18,20). The molecule has 0 saturated heterocycles. The molecule has 0 aliphatic rings. The van der Waals surface area contributed by atoms with Gasteiger partial charge in [-0.3, -0.25) is 4.79 Å². The van der Waals surface area contributed by atoms with E-state index in [1.54, 1.807) is 35.9 Å². The van der Waals surface area contributed by atoms with Crippen LogP contribution in [0.5, 0.6) is 0 Å². The van der Waals surface area contributed by atoms with E-state index in [0.717, 1.165) is 5.56 Å². The maximum absolute atomic E-state index is 12.2. The fourth-order valence-electron chi connectivity index (χ4n) is 1.93. The minimum atomic E-state index is -0.346. The molecule has 0 spiro atoms. The van der Waals surface area contributed by atoms with Crippen LogP contribution in [0.1, 0.15) is 16.1 Å². The van der Waals surface area contributed by atoms with Crippen molar-refractivity contribution >= 4 is 23.2 Å². The normalized spacial score (nSPS) is 10.6. The summed E-state index contributed by atoms with van der Waals surface area (Å²) in [5.74, 6) is -0.0827. The first-order chi connectivity index (χ1) is 10.1. The van der Waals surface area contributed by atoms with E-state index in [2.05, 4.69) is 15.4 Å². The molecule has 1 aromatic carbocycles. The van der Waals surface area contributed by atoms with Crippen LogP contribution in [0, 0.1) is 6.92 Å². The lowest BCUT2D eigenvalue weighted by Gasteiger charge is -2.10. The molecule has 0 aliphatic heterocycles. The number of furan rings is 1. The van der Waals surface area contributed by atoms with Gasteiger partial charge in [0.25, 0.3) is 5.91 Å². The summed E-state index contributed by atoms with van der Waals surface area (Å²) in [4.78, 5) is 16.1. The van der Waals surface area contributed by atoms with Gasteiger partial charge in [0.1, 0.15) is 12.7 Å². The predicted octanol–water partition coefficient (Wildman–Crippen LogP) is 3.07. The molecule has 0 unspecified atom stereocenters. The molecule has 106 valence electrons. The third kappa shape index (κ3) is 2.66. The van der Waals surface area contributed by atoms with Crippen molar-refractivity contribution in [2.24, 2.45) is 0 Å². The molecule has 0 bridgehead atoms. The number of rotatable bonds is 3. The molecule has 0 radical (unpaired) electrons. The van der Waals surface area contributed by atoms with E-state index < -0.39 is 0 Å². The molecule has 6 nitrogen and oxygen atoms in total. The Bertz CT molecular complexity index is 780. The second-order valence-corrected chi connectivity index (χ2v) is 4.82. The summed E-state index contributed by atoms with van der Waals surface area (Å²) < 4.78 is 6.72. The van der Waals surface area contributed by atoms with Gasteiger partial charge in [-0.05, 0) is 31.2 Å². The van der Waals surface area contributed by atoms with Gasteiger partial charge in [0.15, 0.2) is 5.76 Å². The van der Waals surface area contributed by atoms with Crippen LogP contribution in [0.3, 0.4) is 0 Å². The van der Waals surface area contributed by atoms with E-state index in [0.29, 0.717) is 16.4 Å². The van der Waals surface area contributed by atoms with Crippen molar-refractivity contribution in [2.75, 3.05) is 5.32 Å². The van der Waals surface area contributed by atoms with Crippen molar-refractivity contribution in [3.05, 3.63) is 59.5 Å². The van der Waals surface area contributed by atoms with Gasteiger partial charge < -0.3 is 9.73 Å². The Balaban J connectivity index is 1.97. The third-order valence-electron chi connectivity index (χ3n) is 2.94. The zero-order valence-electron chi connectivity index (χ0n) is 11.1. The van der Waals surface area contributed by atoms with Crippen molar-refractivity contribution in [3.63, 3.8) is 0 Å². The number of hydrogen-bond acceptors (Lipinski definition) is 4. The van der Waals surface area contributed by atoms with Crippen molar-refractivity contribution < 1.29 is 9.21 Å². The van der Waals surface area contributed by atoms with Gasteiger partial charge in [0, 0.05) is 10.6 Å². The number of carbonyl (C=O) groups excluding carboxylic acids is 1. The number of amides is 1. The first kappa shape index (κ1) is 13.4. The molecule has 0 saturated carbocycles. The largest absolute Gasteiger partial charge is 0.459 e. The van der Waals surface area contributed by atoms with Crippen molar-refractivity contribution in [1.29, 1.82) is 0 Å². The summed E-state index contributed by atoms with van der Waals surface area (Å²) in [7, 11) is 0. The summed E-state index contributed by atoms with van der Waals surface area (Å²) in [6, 6.07) is 6.84.